The fourth-order valence-corrected chi connectivity index (χ4v) is 2.66. The first-order valence-electron chi connectivity index (χ1n) is 5.96. The molecule has 0 saturated heterocycles. The predicted molar refractivity (Wildman–Crippen MR) is 87.3 cm³/mol. The van der Waals surface area contributed by atoms with Crippen molar-refractivity contribution in [3.8, 4) is 6.07 Å². The molecule has 0 aromatic heterocycles. The molecule has 0 radical (unpaired) electrons. The maximum Gasteiger partial charge on any atom is 0.335 e. The summed E-state index contributed by atoms with van der Waals surface area (Å²) in [5.41, 5.74) is 2.41. The first kappa shape index (κ1) is 15.5. The highest BCUT2D eigenvalue weighted by atomic mass is 79.9. The largest absolute Gasteiger partial charge is 0.478 e. The normalized spacial score (nSPS) is 9.95. The average Bonchev–Trinajstić information content (AvgIpc) is 2.46. The van der Waals surface area contributed by atoms with Crippen LogP contribution in [0.3, 0.4) is 0 Å². The Bertz CT molecular complexity index is 739. The van der Waals surface area contributed by atoms with Crippen LogP contribution in [0.5, 0.6) is 0 Å². The molecule has 21 heavy (non-hydrogen) atoms. The molecule has 2 aromatic carbocycles. The predicted octanol–water partition coefficient (Wildman–Crippen LogP) is 4.39. The van der Waals surface area contributed by atoms with Gasteiger partial charge >= 0.3 is 5.97 Å². The Kier molecular flexibility index (Phi) is 4.99. The number of nitrogens with zero attached hydrogens (tertiary/aromatic N) is 1. The number of carboxylic acid groups (broad SMARTS) is 1. The molecule has 6 heteroatoms. The summed E-state index contributed by atoms with van der Waals surface area (Å²) in [6.07, 6.45) is 0. The zero-order valence-corrected chi connectivity index (χ0v) is 13.9. The third-order valence-corrected chi connectivity index (χ3v) is 4.10. The maximum absolute atomic E-state index is 10.9. The molecule has 0 aliphatic heterocycles. The minimum absolute atomic E-state index is 0.229. The van der Waals surface area contributed by atoms with Crippen molar-refractivity contribution in [3.05, 3.63) is 62.0 Å². The fraction of sp³-hybridized carbons (Fsp3) is 0.0667. The Morgan fingerprint density at radius 3 is 2.62 bits per heavy atom. The summed E-state index contributed by atoms with van der Waals surface area (Å²) in [7, 11) is 0. The first-order valence-corrected chi connectivity index (χ1v) is 7.55. The second-order valence-corrected chi connectivity index (χ2v) is 6.04. The van der Waals surface area contributed by atoms with Crippen molar-refractivity contribution in [3.63, 3.8) is 0 Å². The molecule has 0 bridgehead atoms. The molecule has 0 atom stereocenters. The van der Waals surface area contributed by atoms with Gasteiger partial charge in [0.2, 0.25) is 0 Å². The van der Waals surface area contributed by atoms with Crippen molar-refractivity contribution >= 4 is 43.5 Å². The Labute approximate surface area is 138 Å². The Morgan fingerprint density at radius 1 is 1.24 bits per heavy atom. The minimum Gasteiger partial charge on any atom is -0.478 e. The summed E-state index contributed by atoms with van der Waals surface area (Å²) in [6.45, 7) is 0.483. The number of aromatic carboxylic acids is 1. The molecule has 0 heterocycles. The smallest absolute Gasteiger partial charge is 0.335 e. The molecule has 2 rings (SSSR count). The zero-order valence-electron chi connectivity index (χ0n) is 10.7. The summed E-state index contributed by atoms with van der Waals surface area (Å²) >= 11 is 6.68. The highest BCUT2D eigenvalue weighted by Crippen LogP contribution is 2.23. The van der Waals surface area contributed by atoms with Gasteiger partial charge in [-0.3, -0.25) is 0 Å². The number of benzene rings is 2. The van der Waals surface area contributed by atoms with Crippen LogP contribution in [0.4, 0.5) is 5.69 Å². The molecule has 0 amide bonds. The van der Waals surface area contributed by atoms with Crippen LogP contribution < -0.4 is 5.32 Å². The minimum atomic E-state index is -0.963. The zero-order chi connectivity index (χ0) is 15.4. The molecule has 0 fully saturated rings. The quantitative estimate of drug-likeness (QED) is 0.785. The van der Waals surface area contributed by atoms with E-state index in [2.05, 4.69) is 43.2 Å². The van der Waals surface area contributed by atoms with Crippen LogP contribution in [0, 0.1) is 11.3 Å². The number of carboxylic acids is 1. The lowest BCUT2D eigenvalue weighted by Gasteiger charge is -2.10. The Morgan fingerprint density at radius 2 is 2.00 bits per heavy atom. The number of rotatable bonds is 4. The highest BCUT2D eigenvalue weighted by Gasteiger charge is 2.08. The van der Waals surface area contributed by atoms with Gasteiger partial charge < -0.3 is 10.4 Å². The molecular weight excluding hydrogens is 400 g/mol. The van der Waals surface area contributed by atoms with Crippen molar-refractivity contribution in [1.82, 2.24) is 0 Å². The number of hydrogen-bond acceptors (Lipinski definition) is 3. The SMILES string of the molecule is N#Cc1cc(Br)ccc1NCc1ccc(C(=O)O)cc1Br. The van der Waals surface area contributed by atoms with Gasteiger partial charge in [-0.05, 0) is 35.9 Å². The number of nitriles is 1. The van der Waals surface area contributed by atoms with Gasteiger partial charge in [0.15, 0.2) is 0 Å². The van der Waals surface area contributed by atoms with Gasteiger partial charge in [0.1, 0.15) is 6.07 Å². The Balaban J connectivity index is 2.17. The molecule has 0 aliphatic rings. The lowest BCUT2D eigenvalue weighted by molar-refractivity contribution is 0.0697. The third-order valence-electron chi connectivity index (χ3n) is 2.87. The van der Waals surface area contributed by atoms with E-state index in [-0.39, 0.29) is 5.56 Å². The fourth-order valence-electron chi connectivity index (χ4n) is 1.78. The molecule has 0 saturated carbocycles. The van der Waals surface area contributed by atoms with Gasteiger partial charge in [0, 0.05) is 15.5 Å². The van der Waals surface area contributed by atoms with E-state index in [1.54, 1.807) is 24.3 Å². The van der Waals surface area contributed by atoms with Crippen LogP contribution >= 0.6 is 31.9 Å². The molecule has 4 nitrogen and oxygen atoms in total. The average molecular weight is 410 g/mol. The van der Waals surface area contributed by atoms with Gasteiger partial charge in [0.05, 0.1) is 16.8 Å². The lowest BCUT2D eigenvalue weighted by atomic mass is 10.1. The van der Waals surface area contributed by atoms with E-state index in [4.69, 9.17) is 10.4 Å². The summed E-state index contributed by atoms with van der Waals surface area (Å²) in [6, 6.07) is 12.4. The van der Waals surface area contributed by atoms with Gasteiger partial charge in [0.25, 0.3) is 0 Å². The first-order chi connectivity index (χ1) is 10.0. The van der Waals surface area contributed by atoms with Crippen LogP contribution in [0.1, 0.15) is 21.5 Å². The van der Waals surface area contributed by atoms with E-state index in [9.17, 15) is 4.79 Å². The standard InChI is InChI=1S/C15H10Br2N2O2/c16-12-3-4-14(11(5-12)7-18)19-8-10-2-1-9(15(20)21)6-13(10)17/h1-6,19H,8H2,(H,20,21). The van der Waals surface area contributed by atoms with Crippen LogP contribution in [0.2, 0.25) is 0 Å². The molecule has 2 aromatic rings. The molecule has 0 aliphatic carbocycles. The van der Waals surface area contributed by atoms with E-state index in [0.29, 0.717) is 16.6 Å². The van der Waals surface area contributed by atoms with E-state index in [1.807, 2.05) is 12.1 Å². The number of halogens is 2. The van der Waals surface area contributed by atoms with Crippen molar-refractivity contribution in [2.75, 3.05) is 5.32 Å². The summed E-state index contributed by atoms with van der Waals surface area (Å²) in [4.78, 5) is 10.9. The summed E-state index contributed by atoms with van der Waals surface area (Å²) < 4.78 is 1.56. The maximum atomic E-state index is 10.9. The monoisotopic (exact) mass is 408 g/mol. The van der Waals surface area contributed by atoms with E-state index < -0.39 is 5.97 Å². The van der Waals surface area contributed by atoms with Crippen molar-refractivity contribution < 1.29 is 9.90 Å². The second-order valence-electron chi connectivity index (χ2n) is 4.27. The number of hydrogen-bond donors (Lipinski definition) is 2. The van der Waals surface area contributed by atoms with Crippen LogP contribution in [0.15, 0.2) is 45.3 Å². The van der Waals surface area contributed by atoms with Gasteiger partial charge in [-0.2, -0.15) is 5.26 Å². The number of carbonyl (C=O) groups is 1. The van der Waals surface area contributed by atoms with Crippen molar-refractivity contribution in [2.45, 2.75) is 6.54 Å². The highest BCUT2D eigenvalue weighted by molar-refractivity contribution is 9.10. The summed E-state index contributed by atoms with van der Waals surface area (Å²) in [5.74, 6) is -0.963. The van der Waals surface area contributed by atoms with Crippen LogP contribution in [-0.2, 0) is 6.54 Å². The Hall–Kier alpha value is -1.84. The molecule has 0 spiro atoms. The lowest BCUT2D eigenvalue weighted by Crippen LogP contribution is -2.03. The third kappa shape index (κ3) is 3.84. The molecule has 106 valence electrons. The second kappa shape index (κ2) is 6.74. The molecule has 0 unspecified atom stereocenters. The topological polar surface area (TPSA) is 73.1 Å². The summed E-state index contributed by atoms with van der Waals surface area (Å²) in [5, 5.41) is 21.2. The van der Waals surface area contributed by atoms with Crippen molar-refractivity contribution in [2.24, 2.45) is 0 Å². The molecular formula is C15H10Br2N2O2. The van der Waals surface area contributed by atoms with E-state index in [0.717, 1.165) is 15.7 Å². The van der Waals surface area contributed by atoms with Crippen LogP contribution in [-0.4, -0.2) is 11.1 Å². The van der Waals surface area contributed by atoms with Crippen LogP contribution in [0.25, 0.3) is 0 Å². The van der Waals surface area contributed by atoms with Gasteiger partial charge in [-0.25, -0.2) is 4.79 Å². The van der Waals surface area contributed by atoms with Gasteiger partial charge in [-0.1, -0.05) is 37.9 Å². The number of anilines is 1. The number of nitrogens with one attached hydrogen (secondary N) is 1. The molecule has 2 N–H and O–H groups in total. The van der Waals surface area contributed by atoms with Gasteiger partial charge in [-0.15, -0.1) is 0 Å². The van der Waals surface area contributed by atoms with E-state index in [1.165, 1.54) is 0 Å². The van der Waals surface area contributed by atoms with Crippen molar-refractivity contribution in [1.29, 1.82) is 5.26 Å². The van der Waals surface area contributed by atoms with E-state index >= 15 is 0 Å².